The van der Waals surface area contributed by atoms with E-state index in [0.717, 1.165) is 18.6 Å². The predicted octanol–water partition coefficient (Wildman–Crippen LogP) is 3.70. The Morgan fingerprint density at radius 1 is 1.22 bits per heavy atom. The number of rotatable bonds is 4. The van der Waals surface area contributed by atoms with Gasteiger partial charge in [0.25, 0.3) is 0 Å². The molecule has 3 nitrogen and oxygen atoms in total. The Kier molecular flexibility index (Phi) is 3.93. The molecule has 0 bridgehead atoms. The molecule has 1 aromatic carbocycles. The van der Waals surface area contributed by atoms with E-state index in [0.29, 0.717) is 11.4 Å². The van der Waals surface area contributed by atoms with Crippen molar-refractivity contribution < 1.29 is 4.74 Å². The van der Waals surface area contributed by atoms with Gasteiger partial charge in [-0.2, -0.15) is 5.26 Å². The lowest BCUT2D eigenvalue weighted by atomic mass is 10.1. The molecule has 1 heterocycles. The highest BCUT2D eigenvalue weighted by Crippen LogP contribution is 2.20. The summed E-state index contributed by atoms with van der Waals surface area (Å²) in [5, 5.41) is 8.79. The first kappa shape index (κ1) is 12.1. The number of aryl methyl sites for hydroxylation is 1. The molecule has 0 amide bonds. The lowest BCUT2D eigenvalue weighted by molar-refractivity contribution is 0.462. The van der Waals surface area contributed by atoms with Gasteiger partial charge in [-0.25, -0.2) is 4.98 Å². The fourth-order valence-corrected chi connectivity index (χ4v) is 1.67. The van der Waals surface area contributed by atoms with Crippen molar-refractivity contribution in [1.82, 2.24) is 4.98 Å². The van der Waals surface area contributed by atoms with Crippen LogP contribution in [0.4, 0.5) is 0 Å². The van der Waals surface area contributed by atoms with Crippen LogP contribution in [-0.4, -0.2) is 4.98 Å². The van der Waals surface area contributed by atoms with Crippen LogP contribution < -0.4 is 4.74 Å². The van der Waals surface area contributed by atoms with E-state index in [1.165, 1.54) is 5.56 Å². The second-order valence-corrected chi connectivity index (χ2v) is 3.99. The van der Waals surface area contributed by atoms with Crippen molar-refractivity contribution in [3.63, 3.8) is 0 Å². The van der Waals surface area contributed by atoms with E-state index < -0.39 is 0 Å². The monoisotopic (exact) mass is 238 g/mol. The molecule has 2 rings (SSSR count). The Morgan fingerprint density at radius 2 is 2.00 bits per heavy atom. The summed E-state index contributed by atoms with van der Waals surface area (Å²) in [5.41, 5.74) is 1.84. The molecule has 2 aromatic rings. The van der Waals surface area contributed by atoms with Gasteiger partial charge >= 0.3 is 0 Å². The van der Waals surface area contributed by atoms with Gasteiger partial charge in [0.15, 0.2) is 0 Å². The second kappa shape index (κ2) is 5.83. The molecule has 0 saturated carbocycles. The van der Waals surface area contributed by atoms with E-state index in [-0.39, 0.29) is 0 Å². The maximum atomic E-state index is 8.79. The van der Waals surface area contributed by atoms with Crippen molar-refractivity contribution in [3.8, 4) is 17.7 Å². The van der Waals surface area contributed by atoms with Crippen molar-refractivity contribution >= 4 is 0 Å². The number of hydrogen-bond donors (Lipinski definition) is 0. The zero-order valence-electron chi connectivity index (χ0n) is 10.3. The third-order valence-electron chi connectivity index (χ3n) is 2.55. The van der Waals surface area contributed by atoms with Crippen LogP contribution in [0.25, 0.3) is 0 Å². The van der Waals surface area contributed by atoms with Crippen LogP contribution in [0.2, 0.25) is 0 Å². The highest BCUT2D eigenvalue weighted by atomic mass is 16.5. The second-order valence-electron chi connectivity index (χ2n) is 3.99. The van der Waals surface area contributed by atoms with Gasteiger partial charge < -0.3 is 4.74 Å². The minimum absolute atomic E-state index is 0.442. The zero-order chi connectivity index (χ0) is 12.8. The molecule has 0 radical (unpaired) electrons. The quantitative estimate of drug-likeness (QED) is 0.815. The van der Waals surface area contributed by atoms with Crippen molar-refractivity contribution in [2.24, 2.45) is 0 Å². The Balaban J connectivity index is 2.11. The van der Waals surface area contributed by atoms with Gasteiger partial charge in [0.2, 0.25) is 5.88 Å². The van der Waals surface area contributed by atoms with Crippen LogP contribution >= 0.6 is 0 Å². The van der Waals surface area contributed by atoms with E-state index in [1.54, 1.807) is 18.3 Å². The van der Waals surface area contributed by atoms with Gasteiger partial charge in [0.05, 0.1) is 11.6 Å². The lowest BCUT2D eigenvalue weighted by Gasteiger charge is -2.05. The predicted molar refractivity (Wildman–Crippen MR) is 69.5 cm³/mol. The summed E-state index contributed by atoms with van der Waals surface area (Å²) in [6, 6.07) is 13.3. The molecular weight excluding hydrogens is 224 g/mol. The fourth-order valence-electron chi connectivity index (χ4n) is 1.67. The molecule has 0 spiro atoms. The molecule has 0 saturated heterocycles. The van der Waals surface area contributed by atoms with Crippen molar-refractivity contribution in [2.45, 2.75) is 19.8 Å². The van der Waals surface area contributed by atoms with Gasteiger partial charge in [-0.15, -0.1) is 0 Å². The molecule has 0 aliphatic rings. The summed E-state index contributed by atoms with van der Waals surface area (Å²) in [7, 11) is 0. The van der Waals surface area contributed by atoms with E-state index in [9.17, 15) is 0 Å². The van der Waals surface area contributed by atoms with Gasteiger partial charge in [-0.3, -0.25) is 0 Å². The number of nitriles is 1. The first-order valence-corrected chi connectivity index (χ1v) is 5.95. The Morgan fingerprint density at radius 3 is 2.67 bits per heavy atom. The molecule has 0 unspecified atom stereocenters. The topological polar surface area (TPSA) is 45.9 Å². The molecule has 0 aliphatic heterocycles. The van der Waals surface area contributed by atoms with Crippen LogP contribution in [-0.2, 0) is 6.42 Å². The van der Waals surface area contributed by atoms with Crippen LogP contribution in [0.3, 0.4) is 0 Å². The average molecular weight is 238 g/mol. The largest absolute Gasteiger partial charge is 0.439 e. The molecule has 0 aliphatic carbocycles. The van der Waals surface area contributed by atoms with Crippen molar-refractivity contribution in [2.75, 3.05) is 0 Å². The van der Waals surface area contributed by atoms with Gasteiger partial charge in [0.1, 0.15) is 5.75 Å². The molecular formula is C15H14N2O. The van der Waals surface area contributed by atoms with Crippen molar-refractivity contribution in [1.29, 1.82) is 5.26 Å². The van der Waals surface area contributed by atoms with Gasteiger partial charge in [0, 0.05) is 12.3 Å². The average Bonchev–Trinajstić information content (AvgIpc) is 2.42. The molecule has 1 aromatic heterocycles. The third-order valence-corrected chi connectivity index (χ3v) is 2.55. The molecule has 0 atom stereocenters. The summed E-state index contributed by atoms with van der Waals surface area (Å²) < 4.78 is 5.59. The van der Waals surface area contributed by atoms with E-state index in [4.69, 9.17) is 10.00 Å². The summed E-state index contributed by atoms with van der Waals surface area (Å²) in [6.07, 6.45) is 3.77. The minimum Gasteiger partial charge on any atom is -0.439 e. The Bertz CT molecular complexity index is 555. The fraction of sp³-hybridized carbons (Fsp3) is 0.200. The maximum Gasteiger partial charge on any atom is 0.220 e. The standard InChI is InChI=1S/C15H14N2O/c1-2-3-12-4-6-14(7-5-12)18-15-10-13(11-16)8-9-17-15/h4-10H,2-3H2,1H3. The number of hydrogen-bond acceptors (Lipinski definition) is 3. The number of benzene rings is 1. The number of nitrogens with zero attached hydrogens (tertiary/aromatic N) is 2. The molecule has 90 valence electrons. The summed E-state index contributed by atoms with van der Waals surface area (Å²) in [4.78, 5) is 4.07. The maximum absolute atomic E-state index is 8.79. The van der Waals surface area contributed by atoms with E-state index >= 15 is 0 Å². The lowest BCUT2D eigenvalue weighted by Crippen LogP contribution is -1.89. The summed E-state index contributed by atoms with van der Waals surface area (Å²) in [6.45, 7) is 2.15. The van der Waals surface area contributed by atoms with E-state index in [2.05, 4.69) is 18.0 Å². The van der Waals surface area contributed by atoms with Gasteiger partial charge in [-0.05, 0) is 30.2 Å². The molecule has 0 fully saturated rings. The number of pyridine rings is 1. The normalized spacial score (nSPS) is 9.78. The first-order valence-electron chi connectivity index (χ1n) is 5.95. The smallest absolute Gasteiger partial charge is 0.220 e. The highest BCUT2D eigenvalue weighted by Gasteiger charge is 2.00. The number of ether oxygens (including phenoxy) is 1. The van der Waals surface area contributed by atoms with Crippen LogP contribution in [0.1, 0.15) is 24.5 Å². The minimum atomic E-state index is 0.442. The summed E-state index contributed by atoms with van der Waals surface area (Å²) >= 11 is 0. The van der Waals surface area contributed by atoms with Crippen molar-refractivity contribution in [3.05, 3.63) is 53.7 Å². The van der Waals surface area contributed by atoms with Crippen LogP contribution in [0.15, 0.2) is 42.6 Å². The third kappa shape index (κ3) is 3.08. The highest BCUT2D eigenvalue weighted by molar-refractivity contribution is 5.35. The Labute approximate surface area is 107 Å². The van der Waals surface area contributed by atoms with Crippen LogP contribution in [0, 0.1) is 11.3 Å². The Hall–Kier alpha value is -2.34. The SMILES string of the molecule is CCCc1ccc(Oc2cc(C#N)ccn2)cc1. The zero-order valence-corrected chi connectivity index (χ0v) is 10.3. The molecule has 18 heavy (non-hydrogen) atoms. The summed E-state index contributed by atoms with van der Waals surface area (Å²) in [5.74, 6) is 1.18. The van der Waals surface area contributed by atoms with Gasteiger partial charge in [-0.1, -0.05) is 25.5 Å². The number of aromatic nitrogens is 1. The first-order chi connectivity index (χ1) is 8.81. The van der Waals surface area contributed by atoms with Crippen LogP contribution in [0.5, 0.6) is 11.6 Å². The molecule has 3 heteroatoms. The van der Waals surface area contributed by atoms with E-state index in [1.807, 2.05) is 24.3 Å². The molecule has 0 N–H and O–H groups in total.